The monoisotopic (exact) mass is 209 g/mol. The van der Waals surface area contributed by atoms with Gasteiger partial charge in [-0.1, -0.05) is 23.7 Å². The molecule has 1 aliphatic heterocycles. The molecule has 0 spiro atoms. The zero-order valence-electron chi connectivity index (χ0n) is 8.54. The average Bonchev–Trinajstić information content (AvgIpc) is 2.71. The normalized spacial score (nSPS) is 19.9. The molecule has 1 heterocycles. The zero-order chi connectivity index (χ0) is 9.97. The Morgan fingerprint density at radius 1 is 1.14 bits per heavy atom. The second kappa shape index (κ2) is 4.33. The van der Waals surface area contributed by atoms with Crippen molar-refractivity contribution in [2.45, 2.75) is 25.8 Å². The van der Waals surface area contributed by atoms with Gasteiger partial charge in [0.25, 0.3) is 0 Å². The minimum absolute atomic E-state index is 0.537. The number of benzene rings is 1. The maximum Gasteiger partial charge on any atom is 0.0406 e. The van der Waals surface area contributed by atoms with Crippen molar-refractivity contribution in [2.24, 2.45) is 0 Å². The molecule has 1 aromatic carbocycles. The largest absolute Gasteiger partial charge is 0.297 e. The summed E-state index contributed by atoms with van der Waals surface area (Å²) in [6.07, 6.45) is 2.69. The number of halogens is 1. The highest BCUT2D eigenvalue weighted by molar-refractivity contribution is 6.30. The van der Waals surface area contributed by atoms with Crippen LogP contribution in [0.5, 0.6) is 0 Å². The van der Waals surface area contributed by atoms with Gasteiger partial charge < -0.3 is 0 Å². The highest BCUT2D eigenvalue weighted by Gasteiger charge is 2.18. The first-order valence-electron chi connectivity index (χ1n) is 5.27. The van der Waals surface area contributed by atoms with Gasteiger partial charge in [-0.05, 0) is 50.6 Å². The van der Waals surface area contributed by atoms with Gasteiger partial charge in [0.05, 0.1) is 0 Å². The molecule has 2 heteroatoms. The molecule has 1 aliphatic rings. The quantitative estimate of drug-likeness (QED) is 0.721. The van der Waals surface area contributed by atoms with Gasteiger partial charge >= 0.3 is 0 Å². The lowest BCUT2D eigenvalue weighted by molar-refractivity contribution is 0.263. The van der Waals surface area contributed by atoms with Gasteiger partial charge in [-0.3, -0.25) is 4.90 Å². The van der Waals surface area contributed by atoms with Crippen molar-refractivity contribution < 1.29 is 0 Å². The molecule has 14 heavy (non-hydrogen) atoms. The van der Waals surface area contributed by atoms with Crippen LogP contribution in [-0.2, 0) is 0 Å². The van der Waals surface area contributed by atoms with Crippen molar-refractivity contribution in [1.82, 2.24) is 4.90 Å². The molecule has 0 aromatic heterocycles. The summed E-state index contributed by atoms with van der Waals surface area (Å²) < 4.78 is 0. The van der Waals surface area contributed by atoms with Gasteiger partial charge in [-0.15, -0.1) is 0 Å². The maximum atomic E-state index is 5.86. The first kappa shape index (κ1) is 10.0. The average molecular weight is 210 g/mol. The molecule has 0 saturated carbocycles. The third-order valence-corrected chi connectivity index (χ3v) is 3.29. The molecule has 0 N–H and O–H groups in total. The molecular formula is C12H16ClN. The minimum Gasteiger partial charge on any atom is -0.297 e. The van der Waals surface area contributed by atoms with E-state index >= 15 is 0 Å². The first-order valence-corrected chi connectivity index (χ1v) is 5.64. The number of rotatable bonds is 2. The topological polar surface area (TPSA) is 3.24 Å². The van der Waals surface area contributed by atoms with Crippen molar-refractivity contribution in [3.8, 4) is 0 Å². The molecule has 0 unspecified atom stereocenters. The maximum absolute atomic E-state index is 5.86. The van der Waals surface area contributed by atoms with Crippen LogP contribution in [0.4, 0.5) is 0 Å². The summed E-state index contributed by atoms with van der Waals surface area (Å²) >= 11 is 5.86. The Bertz CT molecular complexity index is 288. The lowest BCUT2D eigenvalue weighted by Gasteiger charge is -2.23. The second-order valence-electron chi connectivity index (χ2n) is 3.97. The van der Waals surface area contributed by atoms with Crippen molar-refractivity contribution in [3.63, 3.8) is 0 Å². The second-order valence-corrected chi connectivity index (χ2v) is 4.41. The molecule has 76 valence electrons. The predicted molar refractivity (Wildman–Crippen MR) is 60.7 cm³/mol. The van der Waals surface area contributed by atoms with E-state index in [-0.39, 0.29) is 0 Å². The van der Waals surface area contributed by atoms with Crippen LogP contribution < -0.4 is 0 Å². The molecule has 2 rings (SSSR count). The van der Waals surface area contributed by atoms with Gasteiger partial charge in [0.1, 0.15) is 0 Å². The van der Waals surface area contributed by atoms with E-state index in [1.54, 1.807) is 0 Å². The molecule has 0 bridgehead atoms. The summed E-state index contributed by atoms with van der Waals surface area (Å²) in [5.74, 6) is 0. The van der Waals surface area contributed by atoms with E-state index in [1.165, 1.54) is 31.5 Å². The van der Waals surface area contributed by atoms with E-state index in [0.717, 1.165) is 5.02 Å². The summed E-state index contributed by atoms with van der Waals surface area (Å²) in [6, 6.07) is 8.75. The fraction of sp³-hybridized carbons (Fsp3) is 0.500. The lowest BCUT2D eigenvalue weighted by atomic mass is 10.1. The Hall–Kier alpha value is -0.530. The first-order chi connectivity index (χ1) is 6.77. The van der Waals surface area contributed by atoms with E-state index in [4.69, 9.17) is 11.6 Å². The van der Waals surface area contributed by atoms with Crippen LogP contribution in [0.15, 0.2) is 24.3 Å². The molecule has 0 amide bonds. The summed E-state index contributed by atoms with van der Waals surface area (Å²) in [6.45, 7) is 4.75. The van der Waals surface area contributed by atoms with E-state index in [1.807, 2.05) is 12.1 Å². The van der Waals surface area contributed by atoms with Crippen LogP contribution in [0.2, 0.25) is 5.02 Å². The van der Waals surface area contributed by atoms with Crippen LogP contribution in [0.3, 0.4) is 0 Å². The Morgan fingerprint density at radius 2 is 1.71 bits per heavy atom. The fourth-order valence-electron chi connectivity index (χ4n) is 2.08. The fourth-order valence-corrected chi connectivity index (χ4v) is 2.21. The summed E-state index contributed by atoms with van der Waals surface area (Å²) in [4.78, 5) is 2.53. The Kier molecular flexibility index (Phi) is 3.09. The van der Waals surface area contributed by atoms with Gasteiger partial charge in [-0.25, -0.2) is 0 Å². The minimum atomic E-state index is 0.537. The Balaban J connectivity index is 2.09. The van der Waals surface area contributed by atoms with Crippen molar-refractivity contribution in [1.29, 1.82) is 0 Å². The van der Waals surface area contributed by atoms with Crippen LogP contribution in [-0.4, -0.2) is 18.0 Å². The predicted octanol–water partition coefficient (Wildman–Crippen LogP) is 3.50. The lowest BCUT2D eigenvalue weighted by Crippen LogP contribution is -2.23. The van der Waals surface area contributed by atoms with E-state index in [0.29, 0.717) is 6.04 Å². The summed E-state index contributed by atoms with van der Waals surface area (Å²) in [7, 11) is 0. The molecule has 1 nitrogen and oxygen atoms in total. The van der Waals surface area contributed by atoms with Gasteiger partial charge in [-0.2, -0.15) is 0 Å². The summed E-state index contributed by atoms with van der Waals surface area (Å²) in [5, 5.41) is 0.822. The smallest absolute Gasteiger partial charge is 0.0406 e. The molecule has 0 aliphatic carbocycles. The molecule has 1 aromatic rings. The van der Waals surface area contributed by atoms with Gasteiger partial charge in [0, 0.05) is 11.1 Å². The van der Waals surface area contributed by atoms with E-state index in [9.17, 15) is 0 Å². The number of hydrogen-bond donors (Lipinski definition) is 0. The van der Waals surface area contributed by atoms with E-state index in [2.05, 4.69) is 24.0 Å². The van der Waals surface area contributed by atoms with Gasteiger partial charge in [0.15, 0.2) is 0 Å². The molecular weight excluding hydrogens is 194 g/mol. The molecule has 1 atom stereocenters. The Labute approximate surface area is 90.7 Å². The third kappa shape index (κ3) is 2.10. The third-order valence-electron chi connectivity index (χ3n) is 3.04. The number of nitrogens with zero attached hydrogens (tertiary/aromatic N) is 1. The van der Waals surface area contributed by atoms with Crippen LogP contribution >= 0.6 is 11.6 Å². The molecule has 1 fully saturated rings. The number of hydrogen-bond acceptors (Lipinski definition) is 1. The van der Waals surface area contributed by atoms with Crippen molar-refractivity contribution in [2.75, 3.05) is 13.1 Å². The highest BCUT2D eigenvalue weighted by Crippen LogP contribution is 2.25. The SMILES string of the molecule is C[C@H](c1ccc(Cl)cc1)N1CCCC1. The molecule has 1 saturated heterocycles. The summed E-state index contributed by atoms with van der Waals surface area (Å²) in [5.41, 5.74) is 1.37. The van der Waals surface area contributed by atoms with Crippen molar-refractivity contribution in [3.05, 3.63) is 34.9 Å². The van der Waals surface area contributed by atoms with Crippen LogP contribution in [0.25, 0.3) is 0 Å². The standard InChI is InChI=1S/C12H16ClN/c1-10(14-8-2-3-9-14)11-4-6-12(13)7-5-11/h4-7,10H,2-3,8-9H2,1H3/t10-/m1/s1. The van der Waals surface area contributed by atoms with Crippen LogP contribution in [0.1, 0.15) is 31.4 Å². The van der Waals surface area contributed by atoms with E-state index < -0.39 is 0 Å². The number of likely N-dealkylation sites (tertiary alicyclic amines) is 1. The van der Waals surface area contributed by atoms with Crippen LogP contribution in [0, 0.1) is 0 Å². The van der Waals surface area contributed by atoms with Gasteiger partial charge in [0.2, 0.25) is 0 Å². The highest BCUT2D eigenvalue weighted by atomic mass is 35.5. The zero-order valence-corrected chi connectivity index (χ0v) is 9.30. The Morgan fingerprint density at radius 3 is 2.29 bits per heavy atom. The van der Waals surface area contributed by atoms with Crippen molar-refractivity contribution >= 4 is 11.6 Å². The molecule has 0 radical (unpaired) electrons.